The number of rotatable bonds is 0. The molecule has 1 aromatic heterocycles. The first-order chi connectivity index (χ1) is 7.59. The van der Waals surface area contributed by atoms with Crippen LogP contribution in [0, 0.1) is 0 Å². The van der Waals surface area contributed by atoms with E-state index in [0.717, 1.165) is 5.41 Å². The number of sulfone groups is 1. The van der Waals surface area contributed by atoms with Crippen LogP contribution < -0.4 is 5.69 Å². The van der Waals surface area contributed by atoms with Gasteiger partial charge in [-0.1, -0.05) is 12.1 Å². The van der Waals surface area contributed by atoms with Gasteiger partial charge in [-0.25, -0.2) is 18.2 Å². The highest BCUT2D eigenvalue weighted by atomic mass is 32.2. The Hall–Kier alpha value is -1.95. The zero-order valence-electron chi connectivity index (χ0n) is 7.99. The van der Waals surface area contributed by atoms with E-state index >= 15 is 0 Å². The average Bonchev–Trinajstić information content (AvgIpc) is 2.26. The quantitative estimate of drug-likeness (QED) is 0.669. The topological polar surface area (TPSA) is 69.0 Å². The minimum atomic E-state index is -3.43. The molecule has 1 aliphatic rings. The average molecular weight is 234 g/mol. The van der Waals surface area contributed by atoms with E-state index in [1.54, 1.807) is 12.1 Å². The van der Waals surface area contributed by atoms with Crippen molar-refractivity contribution in [2.45, 2.75) is 4.90 Å². The van der Waals surface area contributed by atoms with Gasteiger partial charge in [0.2, 0.25) is 9.84 Å². The van der Waals surface area contributed by atoms with E-state index in [1.807, 2.05) is 0 Å². The van der Waals surface area contributed by atoms with Gasteiger partial charge in [0.1, 0.15) is 0 Å². The van der Waals surface area contributed by atoms with E-state index in [4.69, 9.17) is 0 Å². The first kappa shape index (κ1) is 9.29. The van der Waals surface area contributed by atoms with E-state index < -0.39 is 15.5 Å². The molecule has 3 rings (SSSR count). The highest BCUT2D eigenvalue weighted by Gasteiger charge is 2.21. The normalized spacial score (nSPS) is 16.5. The molecular formula is C10H6N2O3S. The maximum Gasteiger partial charge on any atom is 0.352 e. The van der Waals surface area contributed by atoms with Gasteiger partial charge in [0, 0.05) is 17.8 Å². The standard InChI is InChI=1S/C10H6N2O3S/c13-10-11-6-7-2-1-3-8-9(7)12(10)4-5-16(8,14)15/h1-6H. The Bertz CT molecular complexity index is 787. The monoisotopic (exact) mass is 234 g/mol. The van der Waals surface area contributed by atoms with Crippen LogP contribution in [0.5, 0.6) is 0 Å². The Kier molecular flexibility index (Phi) is 1.62. The Morgan fingerprint density at radius 2 is 2.06 bits per heavy atom. The smallest absolute Gasteiger partial charge is 0.265 e. The number of aromatic nitrogens is 2. The fraction of sp³-hybridized carbons (Fsp3) is 0. The zero-order valence-corrected chi connectivity index (χ0v) is 8.81. The summed E-state index contributed by atoms with van der Waals surface area (Å²) in [7, 11) is -3.43. The molecule has 0 N–H and O–H groups in total. The maximum atomic E-state index is 11.7. The summed E-state index contributed by atoms with van der Waals surface area (Å²) in [5.74, 6) is 0. The SMILES string of the molecule is O=c1ncc2cccc3c2n1C=CS3(=O)=O. The molecule has 5 nitrogen and oxygen atoms in total. The number of nitrogens with zero attached hydrogens (tertiary/aromatic N) is 2. The predicted octanol–water partition coefficient (Wildman–Crippen LogP) is 0.612. The molecule has 0 fully saturated rings. The lowest BCUT2D eigenvalue weighted by Gasteiger charge is -2.12. The van der Waals surface area contributed by atoms with Crippen molar-refractivity contribution in [2.75, 3.05) is 0 Å². The van der Waals surface area contributed by atoms with Crippen molar-refractivity contribution in [3.63, 3.8) is 0 Å². The highest BCUT2D eigenvalue weighted by Crippen LogP contribution is 2.26. The van der Waals surface area contributed by atoms with E-state index in [9.17, 15) is 13.2 Å². The van der Waals surface area contributed by atoms with Crippen molar-refractivity contribution in [1.82, 2.24) is 9.55 Å². The molecule has 2 heterocycles. The van der Waals surface area contributed by atoms with Gasteiger partial charge in [-0.3, -0.25) is 4.57 Å². The molecule has 1 aliphatic heterocycles. The van der Waals surface area contributed by atoms with Gasteiger partial charge in [0.15, 0.2) is 0 Å². The fourth-order valence-corrected chi connectivity index (χ4v) is 2.95. The van der Waals surface area contributed by atoms with Crippen molar-refractivity contribution in [3.05, 3.63) is 40.3 Å². The predicted molar refractivity (Wildman–Crippen MR) is 58.5 cm³/mol. The maximum absolute atomic E-state index is 11.7. The van der Waals surface area contributed by atoms with Crippen LogP contribution in [0.25, 0.3) is 17.1 Å². The molecule has 0 amide bonds. The summed E-state index contributed by atoms with van der Waals surface area (Å²) in [6.45, 7) is 0. The molecule has 0 unspecified atom stereocenters. The van der Waals surface area contributed by atoms with E-state index in [0.29, 0.717) is 10.9 Å². The highest BCUT2D eigenvalue weighted by molar-refractivity contribution is 7.94. The first-order valence-electron chi connectivity index (χ1n) is 4.53. The van der Waals surface area contributed by atoms with Crippen molar-refractivity contribution in [2.24, 2.45) is 0 Å². The number of hydrogen-bond donors (Lipinski definition) is 0. The molecule has 1 aromatic carbocycles. The van der Waals surface area contributed by atoms with E-state index in [2.05, 4.69) is 4.98 Å². The summed E-state index contributed by atoms with van der Waals surface area (Å²) in [5, 5.41) is 1.64. The van der Waals surface area contributed by atoms with Crippen molar-refractivity contribution in [1.29, 1.82) is 0 Å². The molecule has 16 heavy (non-hydrogen) atoms. The number of benzene rings is 1. The molecular weight excluding hydrogens is 228 g/mol. The molecule has 0 aliphatic carbocycles. The molecule has 0 spiro atoms. The molecule has 0 saturated carbocycles. The van der Waals surface area contributed by atoms with Gasteiger partial charge in [0.25, 0.3) is 0 Å². The first-order valence-corrected chi connectivity index (χ1v) is 6.08. The van der Waals surface area contributed by atoms with Crippen LogP contribution in [-0.4, -0.2) is 18.0 Å². The van der Waals surface area contributed by atoms with Crippen LogP contribution in [0.1, 0.15) is 0 Å². The van der Waals surface area contributed by atoms with Gasteiger partial charge in [-0.2, -0.15) is 0 Å². The van der Waals surface area contributed by atoms with Gasteiger partial charge >= 0.3 is 5.69 Å². The molecule has 2 aromatic rings. The molecule has 0 radical (unpaired) electrons. The van der Waals surface area contributed by atoms with Gasteiger partial charge < -0.3 is 0 Å². The largest absolute Gasteiger partial charge is 0.352 e. The molecule has 80 valence electrons. The molecule has 6 heteroatoms. The molecule has 0 bridgehead atoms. The van der Waals surface area contributed by atoms with Gasteiger partial charge in [-0.15, -0.1) is 0 Å². The van der Waals surface area contributed by atoms with Crippen LogP contribution in [0.3, 0.4) is 0 Å². The minimum absolute atomic E-state index is 0.145. The lowest BCUT2D eigenvalue weighted by Crippen LogP contribution is -2.22. The Morgan fingerprint density at radius 3 is 2.88 bits per heavy atom. The van der Waals surface area contributed by atoms with Crippen molar-refractivity contribution in [3.8, 4) is 0 Å². The number of hydrogen-bond acceptors (Lipinski definition) is 4. The second-order valence-electron chi connectivity index (χ2n) is 3.43. The third kappa shape index (κ3) is 1.07. The van der Waals surface area contributed by atoms with Crippen molar-refractivity contribution >= 4 is 26.9 Å². The van der Waals surface area contributed by atoms with Crippen LogP contribution in [0.15, 0.2) is 39.5 Å². The second kappa shape index (κ2) is 2.79. The summed E-state index contributed by atoms with van der Waals surface area (Å²) < 4.78 is 24.7. The minimum Gasteiger partial charge on any atom is -0.265 e. The third-order valence-corrected chi connectivity index (χ3v) is 3.91. The zero-order chi connectivity index (χ0) is 11.3. The lowest BCUT2D eigenvalue weighted by atomic mass is 10.2. The molecule has 0 saturated heterocycles. The lowest BCUT2D eigenvalue weighted by molar-refractivity contribution is 0.604. The summed E-state index contributed by atoms with van der Waals surface area (Å²) >= 11 is 0. The number of para-hydroxylation sites is 1. The Labute approximate surface area is 90.6 Å². The van der Waals surface area contributed by atoms with Gasteiger partial charge in [-0.05, 0) is 6.07 Å². The fourth-order valence-electron chi connectivity index (χ4n) is 1.77. The molecule has 0 atom stereocenters. The van der Waals surface area contributed by atoms with Crippen LogP contribution in [-0.2, 0) is 9.84 Å². The van der Waals surface area contributed by atoms with Crippen LogP contribution in [0.2, 0.25) is 0 Å². The summed E-state index contributed by atoms with van der Waals surface area (Å²) in [4.78, 5) is 15.3. The van der Waals surface area contributed by atoms with E-state index in [1.165, 1.54) is 23.0 Å². The van der Waals surface area contributed by atoms with Crippen molar-refractivity contribution < 1.29 is 8.42 Å². The Balaban J connectivity index is 2.70. The summed E-state index contributed by atoms with van der Waals surface area (Å²) in [6, 6.07) is 4.83. The van der Waals surface area contributed by atoms with E-state index in [-0.39, 0.29) is 4.90 Å². The third-order valence-electron chi connectivity index (χ3n) is 2.49. The second-order valence-corrected chi connectivity index (χ2v) is 5.24. The summed E-state index contributed by atoms with van der Waals surface area (Å²) in [5.41, 5.74) is -0.0869. The Morgan fingerprint density at radius 1 is 1.25 bits per heavy atom. The van der Waals surface area contributed by atoms with Crippen LogP contribution >= 0.6 is 0 Å². The van der Waals surface area contributed by atoms with Gasteiger partial charge in [0.05, 0.1) is 15.8 Å². The van der Waals surface area contributed by atoms with Crippen LogP contribution in [0.4, 0.5) is 0 Å². The summed E-state index contributed by atoms with van der Waals surface area (Å²) in [6.07, 6.45) is 2.62.